The van der Waals surface area contributed by atoms with E-state index in [1.54, 1.807) is 0 Å². The van der Waals surface area contributed by atoms with Gasteiger partial charge in [0.05, 0.1) is 16.0 Å². The second-order valence-electron chi connectivity index (χ2n) is 8.81. The predicted molar refractivity (Wildman–Crippen MR) is 140 cm³/mol. The quantitative estimate of drug-likeness (QED) is 0.386. The maximum atomic E-state index is 13.2. The van der Waals surface area contributed by atoms with Crippen molar-refractivity contribution in [3.63, 3.8) is 0 Å². The van der Waals surface area contributed by atoms with Gasteiger partial charge < -0.3 is 20.1 Å². The number of hydrogen-bond acceptors (Lipinski definition) is 4. The second-order valence-corrected chi connectivity index (χ2v) is 9.63. The summed E-state index contributed by atoms with van der Waals surface area (Å²) in [4.78, 5) is 15.1. The summed E-state index contributed by atoms with van der Waals surface area (Å²) in [6.07, 6.45) is 1.48. The van der Waals surface area contributed by atoms with Crippen molar-refractivity contribution in [3.8, 4) is 11.5 Å². The first-order chi connectivity index (χ1) is 16.9. The standard InChI is InChI=1S/C28H30Cl2N2O3/c1-19-14-25(29)27(26(30)15-19)35-13-12-34-24-8-6-20(7-9-24)16-23(17-31)28(33)32-11-10-21-4-2-3-5-22(21)18-32/h2-9,14-15,23H,10-13,16-18,31H2,1H3. The predicted octanol–water partition coefficient (Wildman–Crippen LogP) is 5.46. The third-order valence-corrected chi connectivity index (χ3v) is 6.78. The molecule has 184 valence electrons. The van der Waals surface area contributed by atoms with Gasteiger partial charge in [0.1, 0.15) is 19.0 Å². The van der Waals surface area contributed by atoms with Gasteiger partial charge in [-0.05, 0) is 66.3 Å². The number of nitrogens with zero attached hydrogens (tertiary/aromatic N) is 1. The fourth-order valence-electron chi connectivity index (χ4n) is 4.35. The topological polar surface area (TPSA) is 64.8 Å². The maximum Gasteiger partial charge on any atom is 0.227 e. The van der Waals surface area contributed by atoms with Crippen LogP contribution in [0.2, 0.25) is 10.0 Å². The summed E-state index contributed by atoms with van der Waals surface area (Å²) in [5, 5.41) is 0.967. The number of rotatable bonds is 9. The largest absolute Gasteiger partial charge is 0.490 e. The Kier molecular flexibility index (Phi) is 8.55. The lowest BCUT2D eigenvalue weighted by Crippen LogP contribution is -2.42. The van der Waals surface area contributed by atoms with Crippen LogP contribution in [0.15, 0.2) is 60.7 Å². The van der Waals surface area contributed by atoms with Gasteiger partial charge in [0.2, 0.25) is 5.91 Å². The molecule has 1 atom stereocenters. The Balaban J connectivity index is 1.27. The van der Waals surface area contributed by atoms with Crippen LogP contribution in [0.25, 0.3) is 0 Å². The van der Waals surface area contributed by atoms with E-state index < -0.39 is 0 Å². The molecule has 0 saturated carbocycles. The molecule has 1 aliphatic rings. The summed E-state index contributed by atoms with van der Waals surface area (Å²) in [6.45, 7) is 4.29. The summed E-state index contributed by atoms with van der Waals surface area (Å²) in [5.41, 5.74) is 10.6. The van der Waals surface area contributed by atoms with Crippen LogP contribution in [0, 0.1) is 12.8 Å². The number of aryl methyl sites for hydroxylation is 1. The number of nitrogens with two attached hydrogens (primary N) is 1. The zero-order valence-corrected chi connectivity index (χ0v) is 21.3. The summed E-state index contributed by atoms with van der Waals surface area (Å²) in [5.74, 6) is 1.06. The Hall–Kier alpha value is -2.73. The van der Waals surface area contributed by atoms with Crippen molar-refractivity contribution in [1.82, 2.24) is 4.90 Å². The third-order valence-electron chi connectivity index (χ3n) is 6.22. The van der Waals surface area contributed by atoms with E-state index in [9.17, 15) is 4.79 Å². The highest BCUT2D eigenvalue weighted by Gasteiger charge is 2.26. The van der Waals surface area contributed by atoms with Crippen LogP contribution in [0.4, 0.5) is 0 Å². The van der Waals surface area contributed by atoms with Crippen molar-refractivity contribution in [2.45, 2.75) is 26.3 Å². The Morgan fingerprint density at radius 1 is 1.00 bits per heavy atom. The van der Waals surface area contributed by atoms with Crippen molar-refractivity contribution < 1.29 is 14.3 Å². The number of benzene rings is 3. The summed E-state index contributed by atoms with van der Waals surface area (Å²) in [6, 6.07) is 19.7. The highest BCUT2D eigenvalue weighted by atomic mass is 35.5. The monoisotopic (exact) mass is 512 g/mol. The summed E-state index contributed by atoms with van der Waals surface area (Å²) < 4.78 is 11.5. The molecule has 3 aromatic rings. The molecule has 0 saturated heterocycles. The molecule has 0 bridgehead atoms. The Bertz CT molecular complexity index is 1140. The van der Waals surface area contributed by atoms with E-state index in [4.69, 9.17) is 38.4 Å². The van der Waals surface area contributed by atoms with E-state index in [0.29, 0.717) is 48.5 Å². The normalized spacial score (nSPS) is 13.8. The number of amides is 1. The van der Waals surface area contributed by atoms with Gasteiger partial charge in [-0.3, -0.25) is 4.79 Å². The maximum absolute atomic E-state index is 13.2. The Labute approximate surface area is 216 Å². The van der Waals surface area contributed by atoms with Crippen molar-refractivity contribution >= 4 is 29.1 Å². The molecule has 3 aromatic carbocycles. The van der Waals surface area contributed by atoms with Crippen LogP contribution in [-0.2, 0) is 24.2 Å². The molecular formula is C28H30Cl2N2O3. The van der Waals surface area contributed by atoms with Gasteiger partial charge in [0.25, 0.3) is 0 Å². The fourth-order valence-corrected chi connectivity index (χ4v) is 5.05. The van der Waals surface area contributed by atoms with E-state index in [-0.39, 0.29) is 11.8 Å². The third kappa shape index (κ3) is 6.49. The van der Waals surface area contributed by atoms with Gasteiger partial charge in [-0.25, -0.2) is 0 Å². The molecule has 0 aliphatic carbocycles. The van der Waals surface area contributed by atoms with Gasteiger partial charge in [0, 0.05) is 19.6 Å². The smallest absolute Gasteiger partial charge is 0.227 e. The lowest BCUT2D eigenvalue weighted by atomic mass is 9.95. The molecule has 0 fully saturated rings. The molecule has 0 radical (unpaired) electrons. The van der Waals surface area contributed by atoms with Crippen LogP contribution in [0.5, 0.6) is 11.5 Å². The molecule has 4 rings (SSSR count). The van der Waals surface area contributed by atoms with Crippen molar-refractivity contribution in [2.24, 2.45) is 11.7 Å². The molecular weight excluding hydrogens is 483 g/mol. The molecule has 0 aromatic heterocycles. The molecule has 35 heavy (non-hydrogen) atoms. The summed E-state index contributed by atoms with van der Waals surface area (Å²) in [7, 11) is 0. The Morgan fingerprint density at radius 2 is 1.66 bits per heavy atom. The molecule has 7 heteroatoms. The fraction of sp³-hybridized carbons (Fsp3) is 0.321. The molecule has 2 N–H and O–H groups in total. The second kappa shape index (κ2) is 11.8. The first-order valence-corrected chi connectivity index (χ1v) is 12.6. The van der Waals surface area contributed by atoms with E-state index >= 15 is 0 Å². The number of ether oxygens (including phenoxy) is 2. The van der Waals surface area contributed by atoms with E-state index in [1.807, 2.05) is 54.3 Å². The van der Waals surface area contributed by atoms with E-state index in [1.165, 1.54) is 11.1 Å². The Morgan fingerprint density at radius 3 is 2.34 bits per heavy atom. The minimum atomic E-state index is -0.246. The molecule has 1 aliphatic heterocycles. The number of fused-ring (bicyclic) bond motifs is 1. The SMILES string of the molecule is Cc1cc(Cl)c(OCCOc2ccc(CC(CN)C(=O)N3CCc4ccccc4C3)cc2)c(Cl)c1. The zero-order valence-electron chi connectivity index (χ0n) is 19.8. The van der Waals surface area contributed by atoms with Crippen LogP contribution in [-0.4, -0.2) is 37.1 Å². The van der Waals surface area contributed by atoms with Crippen LogP contribution >= 0.6 is 23.2 Å². The van der Waals surface area contributed by atoms with Gasteiger partial charge in [-0.1, -0.05) is 59.6 Å². The van der Waals surface area contributed by atoms with Gasteiger partial charge in [-0.2, -0.15) is 0 Å². The van der Waals surface area contributed by atoms with Crippen molar-refractivity contribution in [3.05, 3.63) is 93.0 Å². The molecule has 0 spiro atoms. The zero-order chi connectivity index (χ0) is 24.8. The van der Waals surface area contributed by atoms with Crippen molar-refractivity contribution in [2.75, 3.05) is 26.3 Å². The van der Waals surface area contributed by atoms with Gasteiger partial charge in [0.15, 0.2) is 5.75 Å². The van der Waals surface area contributed by atoms with E-state index in [0.717, 1.165) is 29.8 Å². The van der Waals surface area contributed by atoms with Gasteiger partial charge in [-0.15, -0.1) is 0 Å². The van der Waals surface area contributed by atoms with E-state index in [2.05, 4.69) is 18.2 Å². The number of halogens is 2. The molecule has 1 heterocycles. The molecule has 5 nitrogen and oxygen atoms in total. The minimum Gasteiger partial charge on any atom is -0.490 e. The highest BCUT2D eigenvalue weighted by molar-refractivity contribution is 6.37. The van der Waals surface area contributed by atoms with Gasteiger partial charge >= 0.3 is 0 Å². The van der Waals surface area contributed by atoms with Crippen molar-refractivity contribution in [1.29, 1.82) is 0 Å². The average Bonchev–Trinajstić information content (AvgIpc) is 2.86. The first kappa shape index (κ1) is 25.4. The summed E-state index contributed by atoms with van der Waals surface area (Å²) >= 11 is 12.4. The van der Waals surface area contributed by atoms with Crippen LogP contribution in [0.1, 0.15) is 22.3 Å². The average molecular weight is 513 g/mol. The number of carbonyl (C=O) groups is 1. The minimum absolute atomic E-state index is 0.118. The highest BCUT2D eigenvalue weighted by Crippen LogP contribution is 2.34. The lowest BCUT2D eigenvalue weighted by Gasteiger charge is -2.31. The number of hydrogen-bond donors (Lipinski definition) is 1. The molecule has 1 unspecified atom stereocenters. The first-order valence-electron chi connectivity index (χ1n) is 11.8. The molecule has 1 amide bonds. The van der Waals surface area contributed by atoms with Crippen LogP contribution < -0.4 is 15.2 Å². The number of carbonyl (C=O) groups excluding carboxylic acids is 1. The lowest BCUT2D eigenvalue weighted by molar-refractivity contribution is -0.136. The van der Waals surface area contributed by atoms with Crippen LogP contribution in [0.3, 0.4) is 0 Å².